The number of benzene rings is 2. The molecule has 0 saturated carbocycles. The van der Waals surface area contributed by atoms with Gasteiger partial charge in [-0.2, -0.15) is 0 Å². The second kappa shape index (κ2) is 8.47. The number of hydrogen-bond donors (Lipinski definition) is 2. The number of likely N-dealkylation sites (N-methyl/N-ethyl adjacent to an activating group) is 1. The number of anilines is 1. The lowest BCUT2D eigenvalue weighted by Gasteiger charge is -2.26. The fourth-order valence-corrected chi connectivity index (χ4v) is 3.25. The van der Waals surface area contributed by atoms with Crippen molar-refractivity contribution < 1.29 is 0 Å². The molecule has 24 heavy (non-hydrogen) atoms. The van der Waals surface area contributed by atoms with E-state index in [2.05, 4.69) is 60.0 Å². The molecule has 0 bridgehead atoms. The van der Waals surface area contributed by atoms with Gasteiger partial charge in [0.25, 0.3) is 0 Å². The largest absolute Gasteiger partial charge is 0.361 e. The Morgan fingerprint density at radius 3 is 2.42 bits per heavy atom. The van der Waals surface area contributed by atoms with Crippen LogP contribution >= 0.6 is 23.8 Å². The van der Waals surface area contributed by atoms with Gasteiger partial charge in [0, 0.05) is 6.54 Å². The van der Waals surface area contributed by atoms with Gasteiger partial charge in [-0.25, -0.2) is 0 Å². The average molecular weight is 362 g/mol. The number of thiocarbonyl (C=S) groups is 1. The van der Waals surface area contributed by atoms with Crippen molar-refractivity contribution in [1.82, 2.24) is 10.2 Å². The second-order valence-corrected chi connectivity index (χ2v) is 6.98. The molecule has 2 aromatic carbocycles. The normalized spacial score (nSPS) is 12.1. The summed E-state index contributed by atoms with van der Waals surface area (Å²) in [5, 5.41) is 7.78. The van der Waals surface area contributed by atoms with Gasteiger partial charge in [0.15, 0.2) is 5.11 Å². The number of nitrogens with one attached hydrogen (secondary N) is 2. The lowest BCUT2D eigenvalue weighted by Crippen LogP contribution is -2.36. The van der Waals surface area contributed by atoms with Crippen molar-refractivity contribution in [3.63, 3.8) is 0 Å². The Balaban J connectivity index is 2.02. The molecule has 0 aliphatic carbocycles. The van der Waals surface area contributed by atoms with Crippen molar-refractivity contribution in [1.29, 1.82) is 0 Å². The van der Waals surface area contributed by atoms with Gasteiger partial charge in [0.1, 0.15) is 0 Å². The molecule has 128 valence electrons. The number of halogens is 1. The first kappa shape index (κ1) is 18.7. The summed E-state index contributed by atoms with van der Waals surface area (Å²) in [7, 11) is 4.13. The van der Waals surface area contributed by atoms with Crippen molar-refractivity contribution in [3.8, 4) is 0 Å². The monoisotopic (exact) mass is 361 g/mol. The molecule has 0 saturated heterocycles. The number of hydrogen-bond acceptors (Lipinski definition) is 2. The molecule has 1 atom stereocenters. The van der Waals surface area contributed by atoms with Crippen LogP contribution in [0.5, 0.6) is 0 Å². The molecule has 0 heterocycles. The van der Waals surface area contributed by atoms with Gasteiger partial charge < -0.3 is 15.5 Å². The van der Waals surface area contributed by atoms with E-state index in [9.17, 15) is 0 Å². The van der Waals surface area contributed by atoms with Crippen LogP contribution < -0.4 is 10.6 Å². The van der Waals surface area contributed by atoms with E-state index in [-0.39, 0.29) is 6.04 Å². The summed E-state index contributed by atoms with van der Waals surface area (Å²) in [5.41, 5.74) is 4.33. The molecule has 2 N–H and O–H groups in total. The van der Waals surface area contributed by atoms with Gasteiger partial charge in [0.2, 0.25) is 0 Å². The Bertz CT molecular complexity index is 678. The predicted molar refractivity (Wildman–Crippen MR) is 108 cm³/mol. The molecule has 0 radical (unpaired) electrons. The predicted octanol–water partition coefficient (Wildman–Crippen LogP) is 4.55. The molecule has 0 aliphatic heterocycles. The van der Waals surface area contributed by atoms with E-state index < -0.39 is 0 Å². The lowest BCUT2D eigenvalue weighted by atomic mass is 10.1. The van der Waals surface area contributed by atoms with Crippen LogP contribution in [-0.4, -0.2) is 30.7 Å². The molecule has 0 amide bonds. The average Bonchev–Trinajstić information content (AvgIpc) is 2.51. The zero-order chi connectivity index (χ0) is 17.7. The van der Waals surface area contributed by atoms with Crippen molar-refractivity contribution >= 4 is 34.6 Å². The molecule has 0 spiro atoms. The molecular weight excluding hydrogens is 338 g/mol. The second-order valence-electron chi connectivity index (χ2n) is 6.16. The van der Waals surface area contributed by atoms with Gasteiger partial charge in [0.05, 0.1) is 16.8 Å². The maximum absolute atomic E-state index is 6.33. The summed E-state index contributed by atoms with van der Waals surface area (Å²) in [4.78, 5) is 2.18. The molecular formula is C19H24ClN3S. The van der Waals surface area contributed by atoms with Crippen LogP contribution in [0.4, 0.5) is 5.69 Å². The molecule has 0 fully saturated rings. The van der Waals surface area contributed by atoms with E-state index in [0.717, 1.165) is 16.8 Å². The van der Waals surface area contributed by atoms with Crippen molar-refractivity contribution in [2.45, 2.75) is 19.9 Å². The van der Waals surface area contributed by atoms with Gasteiger partial charge in [-0.15, -0.1) is 0 Å². The zero-order valence-corrected chi connectivity index (χ0v) is 16.1. The molecule has 0 aromatic heterocycles. The smallest absolute Gasteiger partial charge is 0.170 e. The molecule has 0 unspecified atom stereocenters. The fraction of sp³-hybridized carbons (Fsp3) is 0.316. The Morgan fingerprint density at radius 1 is 1.17 bits per heavy atom. The third kappa shape index (κ3) is 4.94. The Hall–Kier alpha value is -1.62. The van der Waals surface area contributed by atoms with Crippen LogP contribution in [-0.2, 0) is 0 Å². The fourth-order valence-electron chi connectivity index (χ4n) is 2.69. The van der Waals surface area contributed by atoms with Gasteiger partial charge in [-0.1, -0.05) is 48.0 Å². The summed E-state index contributed by atoms with van der Waals surface area (Å²) in [6, 6.07) is 14.7. The highest BCUT2D eigenvalue weighted by Gasteiger charge is 2.14. The van der Waals surface area contributed by atoms with Crippen LogP contribution in [0.1, 0.15) is 22.7 Å². The SMILES string of the molecule is Cc1cc(C)c(NC(=S)NC[C@H](c2ccccc2)N(C)C)c(Cl)c1. The van der Waals surface area contributed by atoms with Crippen LogP contribution in [0.15, 0.2) is 42.5 Å². The van der Waals surface area contributed by atoms with Gasteiger partial charge in [-0.3, -0.25) is 0 Å². The maximum Gasteiger partial charge on any atom is 0.170 e. The molecule has 0 aliphatic rings. The summed E-state index contributed by atoms with van der Waals surface area (Å²) in [5.74, 6) is 0. The first-order valence-electron chi connectivity index (χ1n) is 7.91. The third-order valence-electron chi connectivity index (χ3n) is 3.93. The number of aryl methyl sites for hydroxylation is 2. The van der Waals surface area contributed by atoms with Gasteiger partial charge >= 0.3 is 0 Å². The highest BCUT2D eigenvalue weighted by molar-refractivity contribution is 7.80. The number of rotatable bonds is 5. The highest BCUT2D eigenvalue weighted by Crippen LogP contribution is 2.27. The van der Waals surface area contributed by atoms with E-state index in [1.165, 1.54) is 5.56 Å². The molecule has 3 nitrogen and oxygen atoms in total. The highest BCUT2D eigenvalue weighted by atomic mass is 35.5. The van der Waals surface area contributed by atoms with Crippen molar-refractivity contribution in [2.24, 2.45) is 0 Å². The summed E-state index contributed by atoms with van der Waals surface area (Å²) >= 11 is 11.8. The molecule has 2 aromatic rings. The summed E-state index contributed by atoms with van der Waals surface area (Å²) < 4.78 is 0. The van der Waals surface area contributed by atoms with E-state index in [4.69, 9.17) is 23.8 Å². The third-order valence-corrected chi connectivity index (χ3v) is 4.48. The van der Waals surface area contributed by atoms with Crippen LogP contribution in [0.3, 0.4) is 0 Å². The molecule has 5 heteroatoms. The Labute approximate surface area is 155 Å². The topological polar surface area (TPSA) is 27.3 Å². The minimum Gasteiger partial charge on any atom is -0.361 e. The van der Waals surface area contributed by atoms with Crippen LogP contribution in [0, 0.1) is 13.8 Å². The number of nitrogens with zero attached hydrogens (tertiary/aromatic N) is 1. The standard InChI is InChI=1S/C19H24ClN3S/c1-13-10-14(2)18(16(20)11-13)22-19(24)21-12-17(23(3)4)15-8-6-5-7-9-15/h5-11,17H,12H2,1-4H3,(H2,21,22,24)/t17-/m1/s1. The Kier molecular flexibility index (Phi) is 6.60. The van der Waals surface area contributed by atoms with Crippen LogP contribution in [0.25, 0.3) is 0 Å². The first-order valence-corrected chi connectivity index (χ1v) is 8.70. The van der Waals surface area contributed by atoms with E-state index in [1.54, 1.807) is 0 Å². The lowest BCUT2D eigenvalue weighted by molar-refractivity contribution is 0.299. The summed E-state index contributed by atoms with van der Waals surface area (Å²) in [6.07, 6.45) is 0. The minimum absolute atomic E-state index is 0.237. The quantitative estimate of drug-likeness (QED) is 0.764. The summed E-state index contributed by atoms with van der Waals surface area (Å²) in [6.45, 7) is 4.77. The van der Waals surface area contributed by atoms with Crippen LogP contribution in [0.2, 0.25) is 5.02 Å². The zero-order valence-electron chi connectivity index (χ0n) is 14.6. The maximum atomic E-state index is 6.33. The van der Waals surface area contributed by atoms with E-state index in [0.29, 0.717) is 16.7 Å². The van der Waals surface area contributed by atoms with Gasteiger partial charge in [-0.05, 0) is 62.9 Å². The molecule has 2 rings (SSSR count). The first-order chi connectivity index (χ1) is 11.4. The van der Waals surface area contributed by atoms with E-state index in [1.807, 2.05) is 26.0 Å². The van der Waals surface area contributed by atoms with E-state index >= 15 is 0 Å². The Morgan fingerprint density at radius 2 is 1.83 bits per heavy atom. The minimum atomic E-state index is 0.237. The van der Waals surface area contributed by atoms with Crippen molar-refractivity contribution in [2.75, 3.05) is 26.0 Å². The van der Waals surface area contributed by atoms with Crippen molar-refractivity contribution in [3.05, 3.63) is 64.2 Å².